The number of carboxylic acid groups (broad SMARTS) is 1. The van der Waals surface area contributed by atoms with E-state index in [2.05, 4.69) is 54.8 Å². The number of aromatic nitrogens is 7. The second kappa shape index (κ2) is 26.9. The summed E-state index contributed by atoms with van der Waals surface area (Å²) in [4.78, 5) is 55.8. The molecule has 4 N–H and O–H groups in total. The number of thioether (sulfide) groups is 1. The molecule has 0 aliphatic carbocycles. The van der Waals surface area contributed by atoms with Gasteiger partial charge in [0, 0.05) is 122 Å². The maximum atomic E-state index is 11.2. The van der Waals surface area contributed by atoms with E-state index in [1.165, 1.54) is 11.8 Å². The van der Waals surface area contributed by atoms with Gasteiger partial charge in [-0.1, -0.05) is 46.6 Å². The SMILES string of the molecule is Clc1cccnc1N1CCNCC1.NC(=S)N1CCN(c2ncccc2Cl)CC1.O=C(O)CCl.O=C1CSC(N2CCN(c3ncccc3Cl)CC2)=N1.S=C(n1ccnc1)n1ccnc1. The lowest BCUT2D eigenvalue weighted by Crippen LogP contribution is -2.50. The number of pyridine rings is 3. The number of aliphatic imine (C=N–C) groups is 1. The number of carbonyl (C=O) groups is 2. The molecule has 1 amide bonds. The predicted molar refractivity (Wildman–Crippen MR) is 268 cm³/mol. The highest BCUT2D eigenvalue weighted by atomic mass is 35.5. The summed E-state index contributed by atoms with van der Waals surface area (Å²) in [6.45, 7) is 10.7. The third-order valence-electron chi connectivity index (χ3n) is 9.48. The summed E-state index contributed by atoms with van der Waals surface area (Å²) >= 11 is 34.6. The standard InChI is InChI=1S/C12H13ClN4OS.C10H13ClN4S.C9H12ClN3.C7H6N4S.C2H3ClO2/c13-9-2-1-3-14-11(9)16-4-6-17(7-5-16)12-15-10(18)8-19-12;11-8-2-1-3-13-9(8)14-4-6-15(7-5-14)10(12)16;10-8-2-1-3-12-9(8)13-6-4-11-5-7-13;12-7(10-3-1-8-5-10)11-4-2-9-6-11;3-1-2(4)5/h1-3H,4-8H2;1-3H,4-7H2,(H2,12,16);1-3,11H,4-7H2;1-6H;1H2,(H,4,5). The first-order chi connectivity index (χ1) is 31.4. The van der Waals surface area contributed by atoms with Crippen LogP contribution >= 0.6 is 82.6 Å². The summed E-state index contributed by atoms with van der Waals surface area (Å²) in [7, 11) is 0. The van der Waals surface area contributed by atoms with Crippen LogP contribution in [0.1, 0.15) is 0 Å². The molecular formula is C40H47Cl4N15O3S3. The molecule has 0 radical (unpaired) electrons. The molecule has 25 heteroatoms. The van der Waals surface area contributed by atoms with Crippen LogP contribution in [0.4, 0.5) is 17.5 Å². The number of nitrogens with two attached hydrogens (primary N) is 1. The van der Waals surface area contributed by atoms with E-state index >= 15 is 0 Å². The number of hydrogen-bond acceptors (Lipinski definition) is 15. The molecule has 346 valence electrons. The molecule has 9 rings (SSSR count). The molecule has 3 fully saturated rings. The summed E-state index contributed by atoms with van der Waals surface area (Å²) in [5, 5.41) is 15.0. The second-order valence-electron chi connectivity index (χ2n) is 13.8. The number of alkyl halides is 1. The minimum absolute atomic E-state index is 0.0322. The Hall–Kier alpha value is -4.87. The van der Waals surface area contributed by atoms with Crippen LogP contribution < -0.4 is 25.8 Å². The second-order valence-corrected chi connectivity index (χ2v) is 17.0. The van der Waals surface area contributed by atoms with Gasteiger partial charge in [-0.3, -0.25) is 18.7 Å². The van der Waals surface area contributed by atoms with Gasteiger partial charge in [-0.05, 0) is 60.8 Å². The van der Waals surface area contributed by atoms with Crippen LogP contribution in [0, 0.1) is 0 Å². The number of imidazole rings is 2. The van der Waals surface area contributed by atoms with Crippen molar-refractivity contribution in [2.75, 3.05) is 105 Å². The highest BCUT2D eigenvalue weighted by molar-refractivity contribution is 8.14. The van der Waals surface area contributed by atoms with E-state index in [-0.39, 0.29) is 11.8 Å². The van der Waals surface area contributed by atoms with E-state index in [1.807, 2.05) is 41.3 Å². The number of nitrogens with one attached hydrogen (secondary N) is 1. The molecule has 5 aromatic heterocycles. The largest absolute Gasteiger partial charge is 0.480 e. The fourth-order valence-corrected chi connectivity index (χ4v) is 8.26. The molecule has 5 aromatic rings. The Morgan fingerprint density at radius 3 is 1.46 bits per heavy atom. The van der Waals surface area contributed by atoms with Crippen LogP contribution in [0.3, 0.4) is 0 Å². The smallest absolute Gasteiger partial charge is 0.318 e. The van der Waals surface area contributed by atoms with E-state index in [0.717, 1.165) is 106 Å². The van der Waals surface area contributed by atoms with Crippen LogP contribution in [0.2, 0.25) is 15.1 Å². The van der Waals surface area contributed by atoms with Gasteiger partial charge in [0.2, 0.25) is 0 Å². The van der Waals surface area contributed by atoms with Crippen LogP contribution in [0.15, 0.2) is 97.4 Å². The lowest BCUT2D eigenvalue weighted by Gasteiger charge is -2.36. The summed E-state index contributed by atoms with van der Waals surface area (Å²) < 4.78 is 3.49. The quantitative estimate of drug-likeness (QED) is 0.164. The first-order valence-corrected chi connectivity index (χ1v) is 23.5. The average molecular weight is 1020 g/mol. The van der Waals surface area contributed by atoms with Crippen molar-refractivity contribution in [2.45, 2.75) is 0 Å². The van der Waals surface area contributed by atoms with Crippen molar-refractivity contribution < 1.29 is 14.7 Å². The molecule has 0 unspecified atom stereocenters. The van der Waals surface area contributed by atoms with E-state index in [4.69, 9.17) is 81.7 Å². The molecule has 3 saturated heterocycles. The Balaban J connectivity index is 0.000000159. The number of rotatable bonds is 4. The summed E-state index contributed by atoms with van der Waals surface area (Å²) in [5.74, 6) is 1.74. The fraction of sp³-hybridized carbons (Fsp3) is 0.350. The molecule has 0 aromatic carbocycles. The van der Waals surface area contributed by atoms with Crippen molar-refractivity contribution in [2.24, 2.45) is 10.7 Å². The third kappa shape index (κ3) is 16.2. The lowest BCUT2D eigenvalue weighted by atomic mass is 10.3. The number of hydrogen-bond donors (Lipinski definition) is 3. The molecule has 9 heterocycles. The summed E-state index contributed by atoms with van der Waals surface area (Å²) in [5.41, 5.74) is 5.58. The number of aliphatic carboxylic acids is 1. The Kier molecular flexibility index (Phi) is 21.2. The number of anilines is 3. The zero-order valence-corrected chi connectivity index (χ0v) is 40.4. The first kappa shape index (κ1) is 51.1. The highest BCUT2D eigenvalue weighted by Crippen LogP contribution is 2.26. The van der Waals surface area contributed by atoms with E-state index in [9.17, 15) is 9.59 Å². The van der Waals surface area contributed by atoms with Gasteiger partial charge in [0.1, 0.15) is 36.0 Å². The number of halogens is 4. The number of carbonyl (C=O) groups excluding carboxylic acids is 1. The Bertz CT molecular complexity index is 2270. The number of amidine groups is 1. The van der Waals surface area contributed by atoms with Gasteiger partial charge in [0.15, 0.2) is 15.4 Å². The van der Waals surface area contributed by atoms with Crippen LogP contribution in [-0.4, -0.2) is 166 Å². The van der Waals surface area contributed by atoms with Gasteiger partial charge in [-0.15, -0.1) is 11.6 Å². The Morgan fingerprint density at radius 2 is 1.11 bits per heavy atom. The average Bonchev–Trinajstić information content (AvgIpc) is 4.16. The lowest BCUT2D eigenvalue weighted by molar-refractivity contribution is -0.134. The van der Waals surface area contributed by atoms with E-state index in [1.54, 1.807) is 65.2 Å². The van der Waals surface area contributed by atoms with Crippen LogP contribution in [0.5, 0.6) is 0 Å². The number of amides is 1. The van der Waals surface area contributed by atoms with Crippen molar-refractivity contribution >= 4 is 127 Å². The molecule has 0 atom stereocenters. The fourth-order valence-electron chi connectivity index (χ4n) is 6.29. The highest BCUT2D eigenvalue weighted by Gasteiger charge is 2.26. The van der Waals surface area contributed by atoms with Gasteiger partial charge < -0.3 is 40.7 Å². The zero-order chi connectivity index (χ0) is 46.6. The molecule has 0 saturated carbocycles. The van der Waals surface area contributed by atoms with Gasteiger partial charge in [0.05, 0.1) is 20.8 Å². The molecule has 4 aliphatic heterocycles. The topological polar surface area (TPSA) is 195 Å². The number of nitrogens with zero attached hydrogens (tertiary/aromatic N) is 13. The van der Waals surface area contributed by atoms with E-state index in [0.29, 0.717) is 26.0 Å². The van der Waals surface area contributed by atoms with Crippen molar-refractivity contribution in [3.63, 3.8) is 0 Å². The maximum absolute atomic E-state index is 11.2. The Morgan fingerprint density at radius 1 is 0.692 bits per heavy atom. The van der Waals surface area contributed by atoms with Crippen molar-refractivity contribution in [1.29, 1.82) is 0 Å². The first-order valence-electron chi connectivity index (χ1n) is 20.0. The predicted octanol–water partition coefficient (Wildman–Crippen LogP) is 4.80. The van der Waals surface area contributed by atoms with Crippen LogP contribution in [-0.2, 0) is 9.59 Å². The monoisotopic (exact) mass is 1020 g/mol. The number of carboxylic acids is 1. The molecule has 18 nitrogen and oxygen atoms in total. The zero-order valence-electron chi connectivity index (χ0n) is 35.0. The third-order valence-corrected chi connectivity index (χ3v) is 12.3. The summed E-state index contributed by atoms with van der Waals surface area (Å²) in [6.07, 6.45) is 15.6. The molecule has 0 bridgehead atoms. The molecule has 4 aliphatic rings. The molecular weight excluding hydrogens is 977 g/mol. The van der Waals surface area contributed by atoms with Crippen molar-refractivity contribution in [3.8, 4) is 0 Å². The molecule has 65 heavy (non-hydrogen) atoms. The normalized spacial score (nSPS) is 15.7. The molecule has 0 spiro atoms. The summed E-state index contributed by atoms with van der Waals surface area (Å²) in [6, 6.07) is 11.1. The number of piperazine rings is 3. The van der Waals surface area contributed by atoms with Gasteiger partial charge in [-0.25, -0.2) is 24.9 Å². The van der Waals surface area contributed by atoms with Gasteiger partial charge in [0.25, 0.3) is 5.91 Å². The minimum Gasteiger partial charge on any atom is -0.480 e. The minimum atomic E-state index is -0.980. The van der Waals surface area contributed by atoms with E-state index < -0.39 is 5.97 Å². The van der Waals surface area contributed by atoms with Gasteiger partial charge >= 0.3 is 5.97 Å². The van der Waals surface area contributed by atoms with Gasteiger partial charge in [-0.2, -0.15) is 4.99 Å². The van der Waals surface area contributed by atoms with Crippen molar-refractivity contribution in [3.05, 3.63) is 107 Å². The number of thiocarbonyl (C=S) groups is 2. The van der Waals surface area contributed by atoms with Crippen molar-refractivity contribution in [1.82, 2.24) is 49.2 Å². The van der Waals surface area contributed by atoms with Crippen LogP contribution in [0.25, 0.3) is 0 Å². The maximum Gasteiger partial charge on any atom is 0.318 e. The Labute approximate surface area is 411 Å².